The molecule has 0 aliphatic heterocycles. The second-order valence-corrected chi connectivity index (χ2v) is 5.95. The molecule has 0 spiro atoms. The highest BCUT2D eigenvalue weighted by Gasteiger charge is 2.28. The van der Waals surface area contributed by atoms with Crippen LogP contribution in [0.5, 0.6) is 5.75 Å². The quantitative estimate of drug-likeness (QED) is 0.879. The van der Waals surface area contributed by atoms with Crippen LogP contribution in [0.15, 0.2) is 24.4 Å². The van der Waals surface area contributed by atoms with Crippen molar-refractivity contribution in [3.63, 3.8) is 0 Å². The SMILES string of the molecule is COc1ccc2[nH]cc(CC(=O)O[C@H]3CCCC[C@H]3C#N)c2c1. The van der Waals surface area contributed by atoms with E-state index in [9.17, 15) is 4.79 Å². The van der Waals surface area contributed by atoms with E-state index in [1.807, 2.05) is 24.4 Å². The van der Waals surface area contributed by atoms with Crippen LogP contribution < -0.4 is 4.74 Å². The summed E-state index contributed by atoms with van der Waals surface area (Å²) in [6.07, 6.45) is 5.41. The molecule has 23 heavy (non-hydrogen) atoms. The number of esters is 1. The van der Waals surface area contributed by atoms with Crippen molar-refractivity contribution in [1.82, 2.24) is 4.98 Å². The maximum Gasteiger partial charge on any atom is 0.310 e. The molecule has 0 radical (unpaired) electrons. The molecule has 120 valence electrons. The minimum atomic E-state index is -0.277. The summed E-state index contributed by atoms with van der Waals surface area (Å²) in [6, 6.07) is 7.97. The third kappa shape index (κ3) is 3.31. The van der Waals surface area contributed by atoms with E-state index >= 15 is 0 Å². The highest BCUT2D eigenvalue weighted by Crippen LogP contribution is 2.28. The van der Waals surface area contributed by atoms with Gasteiger partial charge in [0.05, 0.1) is 25.5 Å². The number of rotatable bonds is 4. The summed E-state index contributed by atoms with van der Waals surface area (Å²) >= 11 is 0. The summed E-state index contributed by atoms with van der Waals surface area (Å²) in [5.41, 5.74) is 1.84. The van der Waals surface area contributed by atoms with Crippen molar-refractivity contribution >= 4 is 16.9 Å². The highest BCUT2D eigenvalue weighted by molar-refractivity contribution is 5.88. The molecule has 1 aliphatic rings. The lowest BCUT2D eigenvalue weighted by atomic mass is 9.87. The molecular weight excluding hydrogens is 292 g/mol. The lowest BCUT2D eigenvalue weighted by Gasteiger charge is -2.26. The minimum absolute atomic E-state index is 0.171. The van der Waals surface area contributed by atoms with Crippen LogP contribution >= 0.6 is 0 Å². The normalized spacial score (nSPS) is 20.9. The number of aromatic amines is 1. The second kappa shape index (κ2) is 6.74. The van der Waals surface area contributed by atoms with Crippen LogP contribution in [0.2, 0.25) is 0 Å². The zero-order valence-corrected chi connectivity index (χ0v) is 13.2. The monoisotopic (exact) mass is 312 g/mol. The van der Waals surface area contributed by atoms with Crippen molar-refractivity contribution in [3.05, 3.63) is 30.0 Å². The van der Waals surface area contributed by atoms with E-state index in [1.54, 1.807) is 7.11 Å². The fourth-order valence-corrected chi connectivity index (χ4v) is 3.18. The summed E-state index contributed by atoms with van der Waals surface area (Å²) in [4.78, 5) is 15.4. The molecule has 1 fully saturated rings. The summed E-state index contributed by atoms with van der Waals surface area (Å²) in [6.45, 7) is 0. The molecular formula is C18H20N2O3. The zero-order chi connectivity index (χ0) is 16.2. The van der Waals surface area contributed by atoms with Gasteiger partial charge < -0.3 is 14.5 Å². The van der Waals surface area contributed by atoms with Gasteiger partial charge in [0.1, 0.15) is 11.9 Å². The highest BCUT2D eigenvalue weighted by atomic mass is 16.5. The predicted octanol–water partition coefficient (Wildman–Crippen LogP) is 3.34. The molecule has 1 aromatic carbocycles. The number of nitrogens with one attached hydrogen (secondary N) is 1. The number of benzene rings is 1. The molecule has 1 aromatic heterocycles. The number of carbonyl (C=O) groups excluding carboxylic acids is 1. The van der Waals surface area contributed by atoms with Gasteiger partial charge in [0, 0.05) is 17.1 Å². The van der Waals surface area contributed by atoms with Crippen molar-refractivity contribution in [1.29, 1.82) is 5.26 Å². The maximum absolute atomic E-state index is 12.3. The van der Waals surface area contributed by atoms with Crippen LogP contribution in [0.25, 0.3) is 10.9 Å². The van der Waals surface area contributed by atoms with Gasteiger partial charge in [0.15, 0.2) is 0 Å². The van der Waals surface area contributed by atoms with Gasteiger partial charge >= 0.3 is 5.97 Å². The van der Waals surface area contributed by atoms with Crippen LogP contribution in [0.1, 0.15) is 31.2 Å². The van der Waals surface area contributed by atoms with E-state index in [4.69, 9.17) is 14.7 Å². The topological polar surface area (TPSA) is 75.1 Å². The smallest absolute Gasteiger partial charge is 0.310 e. The van der Waals surface area contributed by atoms with E-state index in [0.29, 0.717) is 0 Å². The number of nitrogens with zero attached hydrogens (tertiary/aromatic N) is 1. The predicted molar refractivity (Wildman–Crippen MR) is 86.0 cm³/mol. The van der Waals surface area contributed by atoms with Crippen LogP contribution in [-0.4, -0.2) is 24.2 Å². The first-order chi connectivity index (χ1) is 11.2. The average molecular weight is 312 g/mol. The number of hydrogen-bond acceptors (Lipinski definition) is 4. The fourth-order valence-electron chi connectivity index (χ4n) is 3.18. The number of hydrogen-bond donors (Lipinski definition) is 1. The molecule has 1 saturated carbocycles. The number of carbonyl (C=O) groups is 1. The van der Waals surface area contributed by atoms with Gasteiger partial charge in [0.25, 0.3) is 0 Å². The lowest BCUT2D eigenvalue weighted by Crippen LogP contribution is -2.29. The molecule has 0 bridgehead atoms. The number of fused-ring (bicyclic) bond motifs is 1. The number of H-pyrrole nitrogens is 1. The van der Waals surface area contributed by atoms with Crippen molar-refractivity contribution < 1.29 is 14.3 Å². The van der Waals surface area contributed by atoms with Crippen LogP contribution in [0.4, 0.5) is 0 Å². The number of methoxy groups -OCH3 is 1. The number of aromatic nitrogens is 1. The first-order valence-electron chi connectivity index (χ1n) is 7.94. The Hall–Kier alpha value is -2.48. The molecule has 0 unspecified atom stereocenters. The standard InChI is InChI=1S/C18H20N2O3/c1-22-14-6-7-16-15(9-14)13(11-20-16)8-18(21)23-17-5-3-2-4-12(17)10-19/h6-7,9,11-12,17,20H,2-5,8H2,1H3/t12-,17-/m0/s1. The van der Waals surface area contributed by atoms with E-state index in [-0.39, 0.29) is 24.4 Å². The van der Waals surface area contributed by atoms with Gasteiger partial charge in [-0.3, -0.25) is 4.79 Å². The van der Waals surface area contributed by atoms with Crippen LogP contribution in [-0.2, 0) is 16.0 Å². The zero-order valence-electron chi connectivity index (χ0n) is 13.2. The Kier molecular flexibility index (Phi) is 4.52. The van der Waals surface area contributed by atoms with Gasteiger partial charge in [-0.25, -0.2) is 0 Å². The average Bonchev–Trinajstić information content (AvgIpc) is 2.97. The fraction of sp³-hybridized carbons (Fsp3) is 0.444. The summed E-state index contributed by atoms with van der Waals surface area (Å²) in [5.74, 6) is 0.306. The summed E-state index contributed by atoms with van der Waals surface area (Å²) in [7, 11) is 1.62. The van der Waals surface area contributed by atoms with Gasteiger partial charge in [-0.2, -0.15) is 5.26 Å². The Bertz CT molecular complexity index is 744. The molecule has 2 aromatic rings. The second-order valence-electron chi connectivity index (χ2n) is 5.95. The largest absolute Gasteiger partial charge is 0.497 e. The van der Waals surface area contributed by atoms with Gasteiger partial charge in [-0.05, 0) is 43.0 Å². The third-order valence-electron chi connectivity index (χ3n) is 4.46. The van der Waals surface area contributed by atoms with Gasteiger partial charge in [-0.15, -0.1) is 0 Å². The Balaban J connectivity index is 1.71. The van der Waals surface area contributed by atoms with E-state index in [1.165, 1.54) is 0 Å². The van der Waals surface area contributed by atoms with Crippen LogP contribution in [0.3, 0.4) is 0 Å². The Morgan fingerprint density at radius 2 is 2.22 bits per heavy atom. The molecule has 5 nitrogen and oxygen atoms in total. The first-order valence-corrected chi connectivity index (χ1v) is 7.94. The Morgan fingerprint density at radius 1 is 1.39 bits per heavy atom. The van der Waals surface area contributed by atoms with Crippen molar-refractivity contribution in [2.24, 2.45) is 5.92 Å². The minimum Gasteiger partial charge on any atom is -0.497 e. The molecule has 1 heterocycles. The van der Waals surface area contributed by atoms with Gasteiger partial charge in [-0.1, -0.05) is 6.42 Å². The molecule has 0 amide bonds. The summed E-state index contributed by atoms with van der Waals surface area (Å²) in [5, 5.41) is 10.1. The molecule has 2 atom stereocenters. The van der Waals surface area contributed by atoms with Crippen molar-refractivity contribution in [3.8, 4) is 11.8 Å². The lowest BCUT2D eigenvalue weighted by molar-refractivity contribution is -0.151. The van der Waals surface area contributed by atoms with E-state index in [2.05, 4.69) is 11.1 Å². The third-order valence-corrected chi connectivity index (χ3v) is 4.46. The Morgan fingerprint density at radius 3 is 3.00 bits per heavy atom. The first kappa shape index (κ1) is 15.4. The van der Waals surface area contributed by atoms with Crippen molar-refractivity contribution in [2.45, 2.75) is 38.2 Å². The molecule has 5 heteroatoms. The Labute approximate surface area is 135 Å². The van der Waals surface area contributed by atoms with Gasteiger partial charge in [0.2, 0.25) is 0 Å². The van der Waals surface area contributed by atoms with Crippen molar-refractivity contribution in [2.75, 3.05) is 7.11 Å². The molecule has 1 N–H and O–H groups in total. The number of ether oxygens (including phenoxy) is 2. The van der Waals surface area contributed by atoms with Crippen LogP contribution in [0, 0.1) is 17.2 Å². The maximum atomic E-state index is 12.3. The molecule has 1 aliphatic carbocycles. The van der Waals surface area contributed by atoms with E-state index < -0.39 is 0 Å². The number of nitriles is 1. The molecule has 0 saturated heterocycles. The van der Waals surface area contributed by atoms with E-state index in [0.717, 1.165) is 47.9 Å². The molecule has 3 rings (SSSR count). The summed E-state index contributed by atoms with van der Waals surface area (Å²) < 4.78 is 10.8.